The second-order valence-electron chi connectivity index (χ2n) is 6.16. The van der Waals surface area contributed by atoms with Crippen molar-refractivity contribution in [1.29, 1.82) is 0 Å². The van der Waals surface area contributed by atoms with Crippen LogP contribution in [-0.4, -0.2) is 31.7 Å². The molecule has 2 N–H and O–H groups in total. The van der Waals surface area contributed by atoms with Gasteiger partial charge in [0.2, 0.25) is 5.91 Å². The quantitative estimate of drug-likeness (QED) is 0.813. The SMILES string of the molecule is CC(NC(=O)C1CC=CCC1C(=O)O)c1ccc(-n2cncn2)cc1. The monoisotopic (exact) mass is 340 g/mol. The van der Waals surface area contributed by atoms with Gasteiger partial charge in [0.25, 0.3) is 0 Å². The van der Waals surface area contributed by atoms with Gasteiger partial charge in [0.05, 0.1) is 23.6 Å². The zero-order chi connectivity index (χ0) is 17.8. The zero-order valence-corrected chi connectivity index (χ0v) is 13.9. The molecule has 0 bridgehead atoms. The van der Waals surface area contributed by atoms with Crippen molar-refractivity contribution in [2.75, 3.05) is 0 Å². The Balaban J connectivity index is 1.67. The Morgan fingerprint density at radius 2 is 1.88 bits per heavy atom. The Hall–Kier alpha value is -2.96. The summed E-state index contributed by atoms with van der Waals surface area (Å²) in [4.78, 5) is 27.8. The highest BCUT2D eigenvalue weighted by Crippen LogP contribution is 2.27. The number of hydrogen-bond donors (Lipinski definition) is 2. The molecule has 1 aliphatic rings. The van der Waals surface area contributed by atoms with Crippen molar-refractivity contribution in [3.8, 4) is 5.69 Å². The van der Waals surface area contributed by atoms with E-state index in [2.05, 4.69) is 15.4 Å². The Morgan fingerprint density at radius 1 is 1.20 bits per heavy atom. The molecule has 1 aromatic heterocycles. The van der Waals surface area contributed by atoms with Crippen LogP contribution in [0.4, 0.5) is 0 Å². The summed E-state index contributed by atoms with van der Waals surface area (Å²) in [5.74, 6) is -2.33. The number of aromatic nitrogens is 3. The average Bonchev–Trinajstić information content (AvgIpc) is 3.16. The number of carboxylic acids is 1. The predicted octanol–water partition coefficient (Wildman–Crippen LogP) is 2.11. The first-order valence-corrected chi connectivity index (χ1v) is 8.19. The van der Waals surface area contributed by atoms with Gasteiger partial charge < -0.3 is 10.4 Å². The van der Waals surface area contributed by atoms with Crippen LogP contribution in [0.5, 0.6) is 0 Å². The maximum absolute atomic E-state index is 12.5. The highest BCUT2D eigenvalue weighted by molar-refractivity contribution is 5.85. The summed E-state index contributed by atoms with van der Waals surface area (Å²) in [6.45, 7) is 1.89. The fraction of sp³-hybridized carbons (Fsp3) is 0.333. The van der Waals surface area contributed by atoms with Crippen molar-refractivity contribution in [1.82, 2.24) is 20.1 Å². The van der Waals surface area contributed by atoms with Crippen LogP contribution in [0, 0.1) is 11.8 Å². The van der Waals surface area contributed by atoms with Crippen molar-refractivity contribution in [3.63, 3.8) is 0 Å². The lowest BCUT2D eigenvalue weighted by Crippen LogP contribution is -2.39. The minimum atomic E-state index is -0.922. The van der Waals surface area contributed by atoms with Gasteiger partial charge in [-0.2, -0.15) is 5.10 Å². The second kappa shape index (κ2) is 7.29. The van der Waals surface area contributed by atoms with Crippen molar-refractivity contribution < 1.29 is 14.7 Å². The molecule has 1 aromatic carbocycles. The first-order chi connectivity index (χ1) is 12.1. The van der Waals surface area contributed by atoms with Crippen LogP contribution in [0.1, 0.15) is 31.4 Å². The molecule has 1 heterocycles. The number of hydrogen-bond acceptors (Lipinski definition) is 4. The Bertz CT molecular complexity index is 768. The molecule has 7 heteroatoms. The largest absolute Gasteiger partial charge is 0.481 e. The number of carbonyl (C=O) groups is 2. The topological polar surface area (TPSA) is 97.1 Å². The molecule has 3 unspecified atom stereocenters. The van der Waals surface area contributed by atoms with Gasteiger partial charge in [-0.25, -0.2) is 9.67 Å². The minimum absolute atomic E-state index is 0.211. The third-order valence-electron chi connectivity index (χ3n) is 4.52. The number of amides is 1. The molecule has 1 amide bonds. The lowest BCUT2D eigenvalue weighted by Gasteiger charge is -2.26. The minimum Gasteiger partial charge on any atom is -0.481 e. The molecule has 1 aliphatic carbocycles. The van der Waals surface area contributed by atoms with Crippen LogP contribution in [0.15, 0.2) is 49.1 Å². The number of carbonyl (C=O) groups excluding carboxylic acids is 1. The van der Waals surface area contributed by atoms with Crippen LogP contribution in [-0.2, 0) is 9.59 Å². The van der Waals surface area contributed by atoms with Crippen LogP contribution < -0.4 is 5.32 Å². The van der Waals surface area contributed by atoms with Crippen molar-refractivity contribution in [3.05, 3.63) is 54.6 Å². The van der Waals surface area contributed by atoms with E-state index in [1.807, 2.05) is 43.3 Å². The molecule has 3 rings (SSSR count). The molecular weight excluding hydrogens is 320 g/mol. The van der Waals surface area contributed by atoms with Crippen LogP contribution in [0.3, 0.4) is 0 Å². The third kappa shape index (κ3) is 3.76. The highest BCUT2D eigenvalue weighted by atomic mass is 16.4. The zero-order valence-electron chi connectivity index (χ0n) is 13.9. The second-order valence-corrected chi connectivity index (χ2v) is 6.16. The first kappa shape index (κ1) is 16.9. The van der Waals surface area contributed by atoms with Gasteiger partial charge in [0.1, 0.15) is 12.7 Å². The summed E-state index contributed by atoms with van der Waals surface area (Å²) in [5, 5.41) is 16.3. The lowest BCUT2D eigenvalue weighted by atomic mass is 9.82. The van der Waals surface area contributed by atoms with Crippen molar-refractivity contribution in [2.24, 2.45) is 11.8 Å². The van der Waals surface area contributed by atoms with Gasteiger partial charge >= 0.3 is 5.97 Å². The molecular formula is C18H20N4O3. The Morgan fingerprint density at radius 3 is 2.48 bits per heavy atom. The van der Waals surface area contributed by atoms with Gasteiger partial charge in [-0.3, -0.25) is 9.59 Å². The van der Waals surface area contributed by atoms with Crippen molar-refractivity contribution in [2.45, 2.75) is 25.8 Å². The van der Waals surface area contributed by atoms with Gasteiger partial charge in [0, 0.05) is 0 Å². The van der Waals surface area contributed by atoms with Gasteiger partial charge in [-0.1, -0.05) is 24.3 Å². The summed E-state index contributed by atoms with van der Waals surface area (Å²) in [6, 6.07) is 7.42. The van der Waals surface area contributed by atoms with Crippen LogP contribution in [0.25, 0.3) is 5.69 Å². The molecule has 25 heavy (non-hydrogen) atoms. The summed E-state index contributed by atoms with van der Waals surface area (Å²) < 4.78 is 1.65. The van der Waals surface area contributed by atoms with E-state index in [0.29, 0.717) is 12.8 Å². The van der Waals surface area contributed by atoms with E-state index in [9.17, 15) is 14.7 Å². The molecule has 0 spiro atoms. The number of aliphatic carboxylic acids is 1. The van der Waals surface area contributed by atoms with Gasteiger partial charge in [0.15, 0.2) is 0 Å². The molecule has 0 saturated carbocycles. The maximum Gasteiger partial charge on any atom is 0.307 e. The first-order valence-electron chi connectivity index (χ1n) is 8.19. The number of nitrogens with zero attached hydrogens (tertiary/aromatic N) is 3. The van der Waals surface area contributed by atoms with E-state index in [1.54, 1.807) is 11.0 Å². The highest BCUT2D eigenvalue weighted by Gasteiger charge is 2.34. The number of rotatable bonds is 5. The average molecular weight is 340 g/mol. The summed E-state index contributed by atoms with van der Waals surface area (Å²) in [7, 11) is 0. The number of allylic oxidation sites excluding steroid dienone is 2. The fourth-order valence-electron chi connectivity index (χ4n) is 3.04. The smallest absolute Gasteiger partial charge is 0.307 e. The van der Waals surface area contributed by atoms with E-state index < -0.39 is 17.8 Å². The van der Waals surface area contributed by atoms with Crippen molar-refractivity contribution >= 4 is 11.9 Å². The normalized spacial score (nSPS) is 20.8. The van der Waals surface area contributed by atoms with E-state index >= 15 is 0 Å². The molecule has 3 atom stereocenters. The molecule has 0 aliphatic heterocycles. The van der Waals surface area contributed by atoms with Crippen LogP contribution in [0.2, 0.25) is 0 Å². The summed E-state index contributed by atoms with van der Waals surface area (Å²) in [6.07, 6.45) is 7.64. The Labute approximate surface area is 145 Å². The maximum atomic E-state index is 12.5. The Kier molecular flexibility index (Phi) is 4.92. The van der Waals surface area contributed by atoms with E-state index in [1.165, 1.54) is 6.33 Å². The van der Waals surface area contributed by atoms with E-state index in [0.717, 1.165) is 11.3 Å². The number of carboxylic acid groups (broad SMARTS) is 1. The van der Waals surface area contributed by atoms with Gasteiger partial charge in [-0.05, 0) is 37.5 Å². The third-order valence-corrected chi connectivity index (χ3v) is 4.52. The molecule has 0 saturated heterocycles. The standard InChI is InChI=1S/C18H20N4O3/c1-12(13-6-8-14(9-7-13)22-11-19-10-20-22)21-17(23)15-4-2-3-5-16(15)18(24)25/h2-3,6-12,15-16H,4-5H2,1H3,(H,21,23)(H,24,25). The molecule has 0 fully saturated rings. The molecule has 0 radical (unpaired) electrons. The van der Waals surface area contributed by atoms with Gasteiger partial charge in [-0.15, -0.1) is 0 Å². The number of benzene rings is 1. The molecule has 7 nitrogen and oxygen atoms in total. The fourth-order valence-corrected chi connectivity index (χ4v) is 3.04. The number of nitrogens with one attached hydrogen (secondary N) is 1. The lowest BCUT2D eigenvalue weighted by molar-refractivity contribution is -0.147. The van der Waals surface area contributed by atoms with E-state index in [4.69, 9.17) is 0 Å². The summed E-state index contributed by atoms with van der Waals surface area (Å²) >= 11 is 0. The predicted molar refractivity (Wildman–Crippen MR) is 90.9 cm³/mol. The molecule has 2 aromatic rings. The molecule has 130 valence electrons. The van der Waals surface area contributed by atoms with Crippen LogP contribution >= 0.6 is 0 Å². The summed E-state index contributed by atoms with van der Waals surface area (Å²) in [5.41, 5.74) is 1.82. The van der Waals surface area contributed by atoms with E-state index in [-0.39, 0.29) is 11.9 Å².